The largest absolute Gasteiger partial charge is 0.478 e. The molecule has 0 aromatic heterocycles. The monoisotopic (exact) mass is 491 g/mol. The fraction of sp³-hybridized carbons (Fsp3) is 0.520. The molecule has 190 valence electrons. The molecule has 0 fully saturated rings. The number of carbonyl (C=O) groups is 3. The van der Waals surface area contributed by atoms with Crippen molar-refractivity contribution in [2.45, 2.75) is 82.9 Å². The highest BCUT2D eigenvalue weighted by atomic mass is 19.3. The summed E-state index contributed by atoms with van der Waals surface area (Å²) in [6.07, 6.45) is 1.52. The first kappa shape index (κ1) is 26.3. The lowest BCUT2D eigenvalue weighted by Gasteiger charge is -2.40. The Bertz CT molecular complexity index is 1080. The summed E-state index contributed by atoms with van der Waals surface area (Å²) in [6, 6.07) is 2.13. The lowest BCUT2D eigenvalue weighted by molar-refractivity contribution is -0.132. The van der Waals surface area contributed by atoms with Crippen molar-refractivity contribution in [2.75, 3.05) is 0 Å². The number of fused-ring (bicyclic) bond motifs is 1. The maximum Gasteiger partial charge on any atom is 0.414 e. The van der Waals surface area contributed by atoms with Gasteiger partial charge in [0.1, 0.15) is 5.60 Å². The molecule has 0 saturated heterocycles. The topological polar surface area (TPSA) is 108 Å². The Morgan fingerprint density at radius 3 is 2.63 bits per heavy atom. The SMILES string of the molecule is C=CCCC1(CC)CC(=O)N(C2CC(F)(F)c3ccc(C(=O)O)cc32)C(NC(=O)OC(C)(C)C)=N1. The van der Waals surface area contributed by atoms with Crippen molar-refractivity contribution < 1.29 is 33.0 Å². The number of rotatable bonds is 6. The lowest BCUT2D eigenvalue weighted by Crippen LogP contribution is -2.55. The summed E-state index contributed by atoms with van der Waals surface area (Å²) in [5.74, 6) is -5.25. The number of nitrogens with zero attached hydrogens (tertiary/aromatic N) is 2. The van der Waals surface area contributed by atoms with Crippen LogP contribution in [0.3, 0.4) is 0 Å². The first-order valence-electron chi connectivity index (χ1n) is 11.5. The minimum atomic E-state index is -3.30. The molecule has 1 aromatic rings. The molecule has 1 heterocycles. The Kier molecular flexibility index (Phi) is 7.06. The van der Waals surface area contributed by atoms with Crippen LogP contribution in [0.4, 0.5) is 13.6 Å². The number of alkyl carbamates (subject to hydrolysis) is 1. The van der Waals surface area contributed by atoms with E-state index in [1.165, 1.54) is 0 Å². The van der Waals surface area contributed by atoms with Crippen LogP contribution in [-0.2, 0) is 15.5 Å². The second kappa shape index (κ2) is 9.39. The third kappa shape index (κ3) is 5.52. The zero-order valence-electron chi connectivity index (χ0n) is 20.4. The molecule has 0 spiro atoms. The van der Waals surface area contributed by atoms with E-state index in [4.69, 9.17) is 9.73 Å². The summed E-state index contributed by atoms with van der Waals surface area (Å²) in [5, 5.41) is 11.9. The fourth-order valence-electron chi connectivity index (χ4n) is 4.50. The predicted molar refractivity (Wildman–Crippen MR) is 125 cm³/mol. The predicted octanol–water partition coefficient (Wildman–Crippen LogP) is 5.15. The number of alkyl halides is 2. The third-order valence-electron chi connectivity index (χ3n) is 6.22. The number of hydrogen-bond donors (Lipinski definition) is 2. The van der Waals surface area contributed by atoms with Crippen molar-refractivity contribution >= 4 is 23.9 Å². The highest BCUT2D eigenvalue weighted by molar-refractivity contribution is 6.05. The van der Waals surface area contributed by atoms with Crippen LogP contribution in [0.15, 0.2) is 35.8 Å². The van der Waals surface area contributed by atoms with E-state index in [0.717, 1.165) is 23.1 Å². The van der Waals surface area contributed by atoms with E-state index in [1.807, 2.05) is 6.92 Å². The molecule has 2 aliphatic rings. The molecule has 2 amide bonds. The Morgan fingerprint density at radius 2 is 2.06 bits per heavy atom. The molecule has 2 N–H and O–H groups in total. The highest BCUT2D eigenvalue weighted by Crippen LogP contribution is 2.51. The Hall–Kier alpha value is -3.30. The summed E-state index contributed by atoms with van der Waals surface area (Å²) in [7, 11) is 0. The second-order valence-corrected chi connectivity index (χ2v) is 9.94. The number of allylic oxidation sites excluding steroid dienone is 1. The zero-order chi connectivity index (χ0) is 26.2. The Labute approximate surface area is 203 Å². The molecule has 1 aromatic carbocycles. The van der Waals surface area contributed by atoms with Crippen LogP contribution in [0, 0.1) is 0 Å². The van der Waals surface area contributed by atoms with Gasteiger partial charge < -0.3 is 9.84 Å². The number of nitrogens with one attached hydrogen (secondary N) is 1. The third-order valence-corrected chi connectivity index (χ3v) is 6.22. The molecule has 35 heavy (non-hydrogen) atoms. The number of ether oxygens (including phenoxy) is 1. The number of carboxylic acid groups (broad SMARTS) is 1. The van der Waals surface area contributed by atoms with Crippen molar-refractivity contribution in [3.05, 3.63) is 47.5 Å². The summed E-state index contributed by atoms with van der Waals surface area (Å²) in [4.78, 5) is 43.4. The standard InChI is InChI=1S/C25H31F2N3O5/c1-6-8-11-24(7-2)14-19(31)30(21(29-24)28-22(34)35-23(3,4)5)18-13-25(26,27)17-10-9-15(20(32)33)12-16(17)18/h6,9-10,12,18H,1,7-8,11,13-14H2,2-5H3,(H,32,33)(H,28,29,34). The van der Waals surface area contributed by atoms with Gasteiger partial charge in [0.15, 0.2) is 0 Å². The second-order valence-electron chi connectivity index (χ2n) is 9.94. The van der Waals surface area contributed by atoms with Gasteiger partial charge >= 0.3 is 12.1 Å². The highest BCUT2D eigenvalue weighted by Gasteiger charge is 2.51. The summed E-state index contributed by atoms with van der Waals surface area (Å²) in [5.41, 5.74) is -2.21. The molecule has 0 radical (unpaired) electrons. The van der Waals surface area contributed by atoms with E-state index < -0.39 is 47.5 Å². The van der Waals surface area contributed by atoms with Crippen molar-refractivity contribution in [1.82, 2.24) is 10.2 Å². The van der Waals surface area contributed by atoms with Gasteiger partial charge in [-0.1, -0.05) is 19.1 Å². The maximum atomic E-state index is 15.0. The smallest absolute Gasteiger partial charge is 0.414 e. The number of aliphatic imine (C=N–C) groups is 1. The van der Waals surface area contributed by atoms with Crippen molar-refractivity contribution in [2.24, 2.45) is 4.99 Å². The van der Waals surface area contributed by atoms with E-state index in [1.54, 1.807) is 26.8 Å². The van der Waals surface area contributed by atoms with Crippen molar-refractivity contribution in [1.29, 1.82) is 0 Å². The maximum absolute atomic E-state index is 15.0. The first-order valence-corrected chi connectivity index (χ1v) is 11.5. The number of halogens is 2. The first-order chi connectivity index (χ1) is 16.2. The van der Waals surface area contributed by atoms with Gasteiger partial charge in [-0.25, -0.2) is 23.4 Å². The van der Waals surface area contributed by atoms with Gasteiger partial charge in [0, 0.05) is 12.0 Å². The van der Waals surface area contributed by atoms with E-state index in [-0.39, 0.29) is 29.1 Å². The average Bonchev–Trinajstić information content (AvgIpc) is 3.00. The van der Waals surface area contributed by atoms with Gasteiger partial charge in [0.2, 0.25) is 11.9 Å². The number of guanidine groups is 1. The molecule has 0 bridgehead atoms. The van der Waals surface area contributed by atoms with Gasteiger partial charge in [-0.2, -0.15) is 0 Å². The minimum Gasteiger partial charge on any atom is -0.478 e. The molecular weight excluding hydrogens is 460 g/mol. The van der Waals surface area contributed by atoms with Gasteiger partial charge in [0.25, 0.3) is 5.92 Å². The summed E-state index contributed by atoms with van der Waals surface area (Å²) >= 11 is 0. The van der Waals surface area contributed by atoms with Crippen LogP contribution in [0.5, 0.6) is 0 Å². The van der Waals surface area contributed by atoms with Crippen molar-refractivity contribution in [3.63, 3.8) is 0 Å². The van der Waals surface area contributed by atoms with E-state index in [0.29, 0.717) is 19.3 Å². The molecule has 10 heteroatoms. The van der Waals surface area contributed by atoms with Crippen LogP contribution >= 0.6 is 0 Å². The Morgan fingerprint density at radius 1 is 1.37 bits per heavy atom. The molecule has 2 atom stereocenters. The number of carbonyl (C=O) groups excluding carboxylic acids is 2. The van der Waals surface area contributed by atoms with Crippen LogP contribution in [0.2, 0.25) is 0 Å². The Balaban J connectivity index is 2.11. The molecule has 1 aliphatic carbocycles. The molecule has 8 nitrogen and oxygen atoms in total. The van der Waals surface area contributed by atoms with Gasteiger partial charge in [-0.05, 0) is 57.7 Å². The minimum absolute atomic E-state index is 0.0111. The van der Waals surface area contributed by atoms with Crippen LogP contribution in [-0.4, -0.2) is 45.1 Å². The molecule has 3 rings (SSSR count). The van der Waals surface area contributed by atoms with Crippen LogP contribution in [0.25, 0.3) is 0 Å². The van der Waals surface area contributed by atoms with Gasteiger partial charge in [-0.3, -0.25) is 15.0 Å². The van der Waals surface area contributed by atoms with Crippen LogP contribution in [0.1, 0.15) is 87.3 Å². The molecular formula is C25H31F2N3O5. The molecule has 1 aliphatic heterocycles. The number of carboxylic acids is 1. The van der Waals surface area contributed by atoms with Crippen LogP contribution < -0.4 is 5.32 Å². The molecule has 0 saturated carbocycles. The van der Waals surface area contributed by atoms with Crippen molar-refractivity contribution in [3.8, 4) is 0 Å². The number of benzene rings is 1. The van der Waals surface area contributed by atoms with E-state index in [2.05, 4.69) is 11.9 Å². The zero-order valence-corrected chi connectivity index (χ0v) is 20.4. The summed E-state index contributed by atoms with van der Waals surface area (Å²) < 4.78 is 35.2. The van der Waals surface area contributed by atoms with Gasteiger partial charge in [0.05, 0.1) is 23.6 Å². The fourth-order valence-corrected chi connectivity index (χ4v) is 4.50. The lowest BCUT2D eigenvalue weighted by atomic mass is 9.85. The number of hydrogen-bond acceptors (Lipinski definition) is 5. The normalized spacial score (nSPS) is 23.4. The quantitative estimate of drug-likeness (QED) is 0.535. The van der Waals surface area contributed by atoms with E-state index >= 15 is 0 Å². The molecule has 2 unspecified atom stereocenters. The summed E-state index contributed by atoms with van der Waals surface area (Å²) in [6.45, 7) is 10.6. The average molecular weight is 492 g/mol. The van der Waals surface area contributed by atoms with Gasteiger partial charge in [-0.15, -0.1) is 6.58 Å². The number of amides is 2. The van der Waals surface area contributed by atoms with E-state index in [9.17, 15) is 28.3 Å². The number of aromatic carboxylic acids is 1.